The summed E-state index contributed by atoms with van der Waals surface area (Å²) in [6.45, 7) is 17.4. The SMILES string of the molecule is CCc1cc2c(-c3cccc4ccccc34)cccc2[cH-]1.Cc1cc2c(-c3cccc4ccccc34)cccc2[cH-]1.Cl.Cl.[CH2-]C.[CH2-]C.[Si]=[Zr]. The van der Waals surface area contributed by atoms with Crippen molar-refractivity contribution >= 4 is 74.8 Å². The molecule has 0 fully saturated rings. The summed E-state index contributed by atoms with van der Waals surface area (Å²) in [5, 5.41) is 10.6. The van der Waals surface area contributed by atoms with Gasteiger partial charge in [0, 0.05) is 0 Å². The van der Waals surface area contributed by atoms with Gasteiger partial charge in [0.05, 0.1) is 0 Å². The van der Waals surface area contributed by atoms with Crippen LogP contribution >= 0.6 is 24.8 Å². The normalized spacial score (nSPS) is 9.73. The van der Waals surface area contributed by atoms with E-state index in [4.69, 9.17) is 0 Å². The van der Waals surface area contributed by atoms with Gasteiger partial charge >= 0.3 is 30.2 Å². The molecule has 0 spiro atoms. The Bertz CT molecular complexity index is 2180. The van der Waals surface area contributed by atoms with Gasteiger partial charge in [0.1, 0.15) is 0 Å². The van der Waals surface area contributed by atoms with Crippen LogP contribution in [0.15, 0.2) is 146 Å². The summed E-state index contributed by atoms with van der Waals surface area (Å²) in [4.78, 5) is 0. The van der Waals surface area contributed by atoms with Crippen molar-refractivity contribution in [3.05, 3.63) is 171 Å². The number of benzene rings is 6. The first-order valence-corrected chi connectivity index (χ1v) is 20.4. The number of aryl methyl sites for hydroxylation is 2. The van der Waals surface area contributed by atoms with Crippen LogP contribution in [-0.4, -0.2) is 6.88 Å². The molecule has 0 aromatic heterocycles. The van der Waals surface area contributed by atoms with Gasteiger partial charge in [-0.2, -0.15) is 26.0 Å². The van der Waals surface area contributed by atoms with E-state index in [0.29, 0.717) is 0 Å². The molecule has 0 aliphatic heterocycles. The van der Waals surface area contributed by atoms with E-state index >= 15 is 0 Å². The van der Waals surface area contributed by atoms with Gasteiger partial charge in [-0.25, -0.2) is 0 Å². The molecule has 0 heterocycles. The van der Waals surface area contributed by atoms with Gasteiger partial charge in [0.2, 0.25) is 0 Å². The van der Waals surface area contributed by atoms with Gasteiger partial charge < -0.3 is 13.8 Å². The molecular formula is C45H44Cl2SiZr-4. The van der Waals surface area contributed by atoms with Gasteiger partial charge in [-0.1, -0.05) is 122 Å². The Morgan fingerprint density at radius 1 is 0.490 bits per heavy atom. The Kier molecular flexibility index (Phi) is 18.0. The topological polar surface area (TPSA) is 0 Å². The Morgan fingerprint density at radius 2 is 0.857 bits per heavy atom. The molecule has 2 radical (unpaired) electrons. The maximum atomic E-state index is 3.25. The molecule has 8 aromatic rings. The second-order valence-corrected chi connectivity index (χ2v) is 10.9. The third-order valence-corrected chi connectivity index (χ3v) is 8.27. The molecule has 0 saturated carbocycles. The number of rotatable bonds is 3. The average molecular weight is 775 g/mol. The summed E-state index contributed by atoms with van der Waals surface area (Å²) in [5.74, 6) is 0. The van der Waals surface area contributed by atoms with E-state index in [2.05, 4.69) is 180 Å². The van der Waals surface area contributed by atoms with Crippen LogP contribution < -0.4 is 0 Å². The summed E-state index contributed by atoms with van der Waals surface area (Å²) in [6, 6.07) is 52.7. The van der Waals surface area contributed by atoms with Crippen LogP contribution in [0, 0.1) is 20.8 Å². The maximum absolute atomic E-state index is 3.25. The Balaban J connectivity index is 0.000000286. The van der Waals surface area contributed by atoms with E-state index in [1.165, 1.54) is 99.8 Å². The minimum absolute atomic E-state index is 0. The molecule has 4 heteroatoms. The van der Waals surface area contributed by atoms with Crippen LogP contribution in [0.1, 0.15) is 31.9 Å². The van der Waals surface area contributed by atoms with Crippen LogP contribution in [0.4, 0.5) is 0 Å². The third kappa shape index (κ3) is 9.50. The summed E-state index contributed by atoms with van der Waals surface area (Å²) in [5.41, 5.74) is 8.05. The van der Waals surface area contributed by atoms with Crippen LogP contribution in [0.2, 0.25) is 0 Å². The molecule has 0 saturated heterocycles. The second kappa shape index (κ2) is 21.1. The van der Waals surface area contributed by atoms with E-state index in [1.54, 1.807) is 13.8 Å². The predicted octanol–water partition coefficient (Wildman–Crippen LogP) is 13.8. The molecule has 0 atom stereocenters. The molecule has 0 amide bonds. The van der Waals surface area contributed by atoms with Crippen molar-refractivity contribution in [3.63, 3.8) is 0 Å². The number of hydrogen-bond acceptors (Lipinski definition) is 0. The molecule has 49 heavy (non-hydrogen) atoms. The van der Waals surface area contributed by atoms with Crippen LogP contribution in [0.25, 0.3) is 65.3 Å². The first kappa shape index (κ1) is 41.9. The Hall–Kier alpha value is -3.26. The van der Waals surface area contributed by atoms with Crippen molar-refractivity contribution in [3.8, 4) is 22.3 Å². The molecule has 0 aliphatic rings. The van der Waals surface area contributed by atoms with Crippen molar-refractivity contribution in [2.24, 2.45) is 0 Å². The quantitative estimate of drug-likeness (QED) is 0.124. The zero-order chi connectivity index (χ0) is 33.8. The Labute approximate surface area is 322 Å². The number of fused-ring (bicyclic) bond motifs is 4. The average Bonchev–Trinajstić information content (AvgIpc) is 3.77. The van der Waals surface area contributed by atoms with Gasteiger partial charge in [-0.15, -0.1) is 93.9 Å². The van der Waals surface area contributed by atoms with E-state index in [9.17, 15) is 0 Å². The van der Waals surface area contributed by atoms with Crippen LogP contribution in [0.3, 0.4) is 0 Å². The predicted molar refractivity (Wildman–Crippen MR) is 221 cm³/mol. The second-order valence-electron chi connectivity index (χ2n) is 10.9. The number of halogens is 2. The molecule has 0 N–H and O–H groups in total. The summed E-state index contributed by atoms with van der Waals surface area (Å²) in [7, 11) is 0. The van der Waals surface area contributed by atoms with Gasteiger partial charge in [-0.3, -0.25) is 0 Å². The molecule has 0 bridgehead atoms. The van der Waals surface area contributed by atoms with Crippen LogP contribution in [0.5, 0.6) is 0 Å². The molecule has 250 valence electrons. The monoisotopic (exact) mass is 772 g/mol. The van der Waals surface area contributed by atoms with E-state index in [-0.39, 0.29) is 24.8 Å². The third-order valence-electron chi connectivity index (χ3n) is 8.27. The van der Waals surface area contributed by atoms with E-state index in [0.717, 1.165) is 6.42 Å². The first-order chi connectivity index (χ1) is 23.2. The van der Waals surface area contributed by atoms with Crippen molar-refractivity contribution in [1.29, 1.82) is 0 Å². The summed E-state index contributed by atoms with van der Waals surface area (Å²) >= 11 is 1.36. The molecule has 0 nitrogen and oxygen atoms in total. The van der Waals surface area contributed by atoms with Crippen molar-refractivity contribution < 1.29 is 23.3 Å². The fourth-order valence-electron chi connectivity index (χ4n) is 6.28. The Morgan fingerprint density at radius 3 is 1.33 bits per heavy atom. The fraction of sp³-hybridized carbons (Fsp3) is 0.111. The number of hydrogen-bond donors (Lipinski definition) is 0. The van der Waals surface area contributed by atoms with Gasteiger partial charge in [0.25, 0.3) is 0 Å². The fourth-order valence-corrected chi connectivity index (χ4v) is 6.28. The zero-order valence-corrected chi connectivity index (χ0v) is 33.9. The minimum atomic E-state index is 0. The summed E-state index contributed by atoms with van der Waals surface area (Å²) in [6.07, 6.45) is 1.09. The molecule has 0 aliphatic carbocycles. The van der Waals surface area contributed by atoms with E-state index in [1.807, 2.05) is 0 Å². The molecule has 8 aromatic carbocycles. The van der Waals surface area contributed by atoms with Crippen molar-refractivity contribution in [2.45, 2.75) is 34.1 Å². The molecular weight excluding hydrogens is 731 g/mol. The van der Waals surface area contributed by atoms with Gasteiger partial charge in [-0.05, 0) is 39.1 Å². The molecule has 8 rings (SSSR count). The first-order valence-electron chi connectivity index (χ1n) is 16.2. The van der Waals surface area contributed by atoms with Crippen molar-refractivity contribution in [1.82, 2.24) is 0 Å². The van der Waals surface area contributed by atoms with Crippen LogP contribution in [-0.2, 0) is 29.8 Å². The van der Waals surface area contributed by atoms with Gasteiger partial charge in [0.15, 0.2) is 0 Å². The summed E-state index contributed by atoms with van der Waals surface area (Å²) < 4.78 is 0. The zero-order valence-electron chi connectivity index (χ0n) is 28.8. The van der Waals surface area contributed by atoms with Crippen molar-refractivity contribution in [2.75, 3.05) is 0 Å². The molecule has 0 unspecified atom stereocenters. The van der Waals surface area contributed by atoms with E-state index < -0.39 is 0 Å². The standard InChI is InChI=1S/C21H17.C20H15.2C2H5.2ClH.Si.Zr/c1-2-15-13-17-9-6-12-20(21(17)14-15)19-11-5-8-16-7-3-4-10-18(16)19;1-14-12-16-8-5-11-19(20(16)13-14)18-10-4-7-15-6-2-3-9-17(15)18;2*1-2;;;;/h3-14H,2H2,1H3;2-13H,1H3;2*1H2,2H3;2*1H;;/q4*-1;;;;.